The lowest BCUT2D eigenvalue weighted by Gasteiger charge is -2.03. The molecule has 0 aliphatic rings. The molecule has 0 saturated carbocycles. The number of amides is 1. The SMILES string of the molecule is CC(C)c1nnc(NC(=O)CCNS(=O)(=O)/C=C/c2ccccc2)s1. The Bertz CT molecular complexity index is 830. The predicted molar refractivity (Wildman–Crippen MR) is 99.6 cm³/mol. The van der Waals surface area contributed by atoms with Crippen molar-refractivity contribution in [3.05, 3.63) is 46.3 Å². The van der Waals surface area contributed by atoms with Gasteiger partial charge in [-0.05, 0) is 11.6 Å². The van der Waals surface area contributed by atoms with E-state index in [4.69, 9.17) is 0 Å². The number of carbonyl (C=O) groups is 1. The average Bonchev–Trinajstić information content (AvgIpc) is 3.02. The van der Waals surface area contributed by atoms with Crippen LogP contribution in [0.5, 0.6) is 0 Å². The molecule has 9 heteroatoms. The molecule has 1 amide bonds. The van der Waals surface area contributed by atoms with Gasteiger partial charge in [-0.1, -0.05) is 55.5 Å². The molecule has 2 rings (SSSR count). The Morgan fingerprint density at radius 3 is 2.60 bits per heavy atom. The van der Waals surface area contributed by atoms with Gasteiger partial charge in [0.05, 0.1) is 0 Å². The Morgan fingerprint density at radius 2 is 1.96 bits per heavy atom. The Hall–Kier alpha value is -2.10. The van der Waals surface area contributed by atoms with Crippen LogP contribution in [0.15, 0.2) is 35.7 Å². The lowest BCUT2D eigenvalue weighted by molar-refractivity contribution is -0.116. The maximum atomic E-state index is 11.9. The van der Waals surface area contributed by atoms with E-state index >= 15 is 0 Å². The van der Waals surface area contributed by atoms with Gasteiger partial charge < -0.3 is 5.32 Å². The van der Waals surface area contributed by atoms with E-state index in [-0.39, 0.29) is 24.8 Å². The Kier molecular flexibility index (Phi) is 6.80. The number of rotatable bonds is 8. The van der Waals surface area contributed by atoms with Crippen LogP contribution in [0.4, 0.5) is 5.13 Å². The zero-order chi connectivity index (χ0) is 18.3. The third-order valence-corrected chi connectivity index (χ3v) is 5.32. The summed E-state index contributed by atoms with van der Waals surface area (Å²) in [4.78, 5) is 11.8. The summed E-state index contributed by atoms with van der Waals surface area (Å²) in [6.45, 7) is 3.98. The van der Waals surface area contributed by atoms with E-state index in [9.17, 15) is 13.2 Å². The van der Waals surface area contributed by atoms with Crippen LogP contribution in [0, 0.1) is 0 Å². The second kappa shape index (κ2) is 8.84. The van der Waals surface area contributed by atoms with Crippen LogP contribution >= 0.6 is 11.3 Å². The molecule has 0 aliphatic carbocycles. The summed E-state index contributed by atoms with van der Waals surface area (Å²) < 4.78 is 26.1. The van der Waals surface area contributed by atoms with Gasteiger partial charge in [-0.25, -0.2) is 13.1 Å². The monoisotopic (exact) mass is 380 g/mol. The van der Waals surface area contributed by atoms with E-state index in [0.717, 1.165) is 16.0 Å². The van der Waals surface area contributed by atoms with Crippen LogP contribution in [0.1, 0.15) is 36.8 Å². The number of nitrogens with zero attached hydrogens (tertiary/aromatic N) is 2. The highest BCUT2D eigenvalue weighted by molar-refractivity contribution is 7.92. The lowest BCUT2D eigenvalue weighted by atomic mass is 10.2. The second-order valence-corrected chi connectivity index (χ2v) is 8.21. The summed E-state index contributed by atoms with van der Waals surface area (Å²) in [6.07, 6.45) is 1.51. The van der Waals surface area contributed by atoms with Crippen molar-refractivity contribution < 1.29 is 13.2 Å². The molecule has 1 aromatic carbocycles. The first-order valence-corrected chi connectivity index (χ1v) is 10.1. The van der Waals surface area contributed by atoms with E-state index in [1.165, 1.54) is 17.4 Å². The minimum absolute atomic E-state index is 0.00311. The van der Waals surface area contributed by atoms with E-state index in [0.29, 0.717) is 5.13 Å². The summed E-state index contributed by atoms with van der Waals surface area (Å²) in [5.41, 5.74) is 0.780. The van der Waals surface area contributed by atoms with Crippen LogP contribution in [0.3, 0.4) is 0 Å². The highest BCUT2D eigenvalue weighted by atomic mass is 32.2. The number of aromatic nitrogens is 2. The number of sulfonamides is 1. The van der Waals surface area contributed by atoms with Crippen molar-refractivity contribution in [1.29, 1.82) is 0 Å². The molecule has 0 saturated heterocycles. The summed E-state index contributed by atoms with van der Waals surface area (Å²) >= 11 is 1.31. The summed E-state index contributed by atoms with van der Waals surface area (Å²) in [7, 11) is -3.59. The highest BCUT2D eigenvalue weighted by Gasteiger charge is 2.11. The van der Waals surface area contributed by atoms with Crippen molar-refractivity contribution in [2.45, 2.75) is 26.2 Å². The predicted octanol–water partition coefficient (Wildman–Crippen LogP) is 2.58. The number of hydrogen-bond acceptors (Lipinski definition) is 6. The van der Waals surface area contributed by atoms with Crippen LogP contribution in [0.25, 0.3) is 6.08 Å². The van der Waals surface area contributed by atoms with Gasteiger partial charge >= 0.3 is 0 Å². The fraction of sp³-hybridized carbons (Fsp3) is 0.312. The Morgan fingerprint density at radius 1 is 1.24 bits per heavy atom. The minimum atomic E-state index is -3.59. The van der Waals surface area contributed by atoms with E-state index in [1.54, 1.807) is 12.1 Å². The van der Waals surface area contributed by atoms with E-state index < -0.39 is 10.0 Å². The van der Waals surface area contributed by atoms with Crippen molar-refractivity contribution in [3.63, 3.8) is 0 Å². The first-order valence-electron chi connectivity index (χ1n) is 7.72. The highest BCUT2D eigenvalue weighted by Crippen LogP contribution is 2.22. The third kappa shape index (κ3) is 6.73. The number of carbonyl (C=O) groups excluding carboxylic acids is 1. The van der Waals surface area contributed by atoms with E-state index in [1.807, 2.05) is 32.0 Å². The fourth-order valence-corrected chi connectivity index (χ4v) is 3.37. The van der Waals surface area contributed by atoms with Gasteiger partial charge in [0, 0.05) is 24.3 Å². The molecular formula is C16H20N4O3S2. The summed E-state index contributed by atoms with van der Waals surface area (Å²) in [5, 5.41) is 12.8. The van der Waals surface area contributed by atoms with Crippen molar-refractivity contribution in [2.24, 2.45) is 0 Å². The standard InChI is InChI=1S/C16H20N4O3S2/c1-12(2)15-19-20-16(24-15)18-14(21)8-10-17-25(22,23)11-9-13-6-4-3-5-7-13/h3-7,9,11-12,17H,8,10H2,1-2H3,(H,18,20,21)/b11-9+. The quantitative estimate of drug-likeness (QED) is 0.733. The fourth-order valence-electron chi connectivity index (χ4n) is 1.79. The number of nitrogens with one attached hydrogen (secondary N) is 2. The van der Waals surface area contributed by atoms with E-state index in [2.05, 4.69) is 20.2 Å². The van der Waals surface area contributed by atoms with Crippen LogP contribution < -0.4 is 10.0 Å². The van der Waals surface area contributed by atoms with Gasteiger partial charge in [0.2, 0.25) is 21.1 Å². The van der Waals surface area contributed by atoms with Gasteiger partial charge in [0.1, 0.15) is 5.01 Å². The van der Waals surface area contributed by atoms with Gasteiger partial charge in [-0.2, -0.15) is 0 Å². The maximum Gasteiger partial charge on any atom is 0.233 e. The molecular weight excluding hydrogens is 360 g/mol. The Balaban J connectivity index is 1.78. The van der Waals surface area contributed by atoms with Gasteiger partial charge in [0.25, 0.3) is 0 Å². The first-order chi connectivity index (χ1) is 11.9. The molecule has 0 spiro atoms. The topological polar surface area (TPSA) is 101 Å². The smallest absolute Gasteiger partial charge is 0.233 e. The molecule has 2 aromatic rings. The van der Waals surface area contributed by atoms with Crippen LogP contribution in [-0.2, 0) is 14.8 Å². The molecule has 25 heavy (non-hydrogen) atoms. The van der Waals surface area contributed by atoms with Crippen molar-refractivity contribution >= 4 is 38.5 Å². The zero-order valence-electron chi connectivity index (χ0n) is 14.0. The van der Waals surface area contributed by atoms with Crippen molar-refractivity contribution in [1.82, 2.24) is 14.9 Å². The lowest BCUT2D eigenvalue weighted by Crippen LogP contribution is -2.26. The number of benzene rings is 1. The van der Waals surface area contributed by atoms with Crippen molar-refractivity contribution in [2.75, 3.05) is 11.9 Å². The molecule has 0 fully saturated rings. The second-order valence-electron chi connectivity index (χ2n) is 5.55. The van der Waals surface area contributed by atoms with Gasteiger partial charge in [0.15, 0.2) is 0 Å². The molecule has 134 valence electrons. The molecule has 2 N–H and O–H groups in total. The third-order valence-electron chi connectivity index (χ3n) is 3.08. The average molecular weight is 380 g/mol. The Labute approximate surface area is 151 Å². The zero-order valence-corrected chi connectivity index (χ0v) is 15.6. The summed E-state index contributed by atoms with van der Waals surface area (Å²) in [5.74, 6) is -0.0763. The van der Waals surface area contributed by atoms with Gasteiger partial charge in [-0.3, -0.25) is 4.79 Å². The molecule has 0 aliphatic heterocycles. The minimum Gasteiger partial charge on any atom is -0.300 e. The molecule has 0 bridgehead atoms. The van der Waals surface area contributed by atoms with Gasteiger partial charge in [-0.15, -0.1) is 10.2 Å². The number of anilines is 1. The molecule has 0 radical (unpaired) electrons. The largest absolute Gasteiger partial charge is 0.300 e. The maximum absolute atomic E-state index is 11.9. The molecule has 0 unspecified atom stereocenters. The summed E-state index contributed by atoms with van der Waals surface area (Å²) in [6, 6.07) is 9.09. The van der Waals surface area contributed by atoms with Crippen molar-refractivity contribution in [3.8, 4) is 0 Å². The first kappa shape index (κ1) is 19.2. The number of hydrogen-bond donors (Lipinski definition) is 2. The molecule has 1 heterocycles. The normalized spacial score (nSPS) is 12.0. The molecule has 0 atom stereocenters. The molecule has 1 aromatic heterocycles. The van der Waals surface area contributed by atoms with Crippen LogP contribution in [-0.4, -0.2) is 31.1 Å². The molecule has 7 nitrogen and oxygen atoms in total. The van der Waals surface area contributed by atoms with Crippen LogP contribution in [0.2, 0.25) is 0 Å².